The zero-order chi connectivity index (χ0) is 23.1. The molecule has 7 nitrogen and oxygen atoms in total. The minimum absolute atomic E-state index is 0.00755. The van der Waals surface area contributed by atoms with Gasteiger partial charge >= 0.3 is 5.97 Å². The Morgan fingerprint density at radius 2 is 1.72 bits per heavy atom. The van der Waals surface area contributed by atoms with Crippen LogP contribution >= 0.6 is 0 Å². The number of esters is 1. The lowest BCUT2D eigenvalue weighted by atomic mass is 9.89. The third kappa shape index (κ3) is 5.52. The van der Waals surface area contributed by atoms with E-state index in [2.05, 4.69) is 0 Å². The van der Waals surface area contributed by atoms with Crippen LogP contribution in [-0.2, 0) is 20.7 Å². The maximum atomic E-state index is 13.1. The third-order valence-corrected chi connectivity index (χ3v) is 5.74. The van der Waals surface area contributed by atoms with Gasteiger partial charge in [-0.15, -0.1) is 0 Å². The minimum Gasteiger partial charge on any atom is -0.494 e. The number of carbonyl (C=O) groups is 2. The molecule has 2 aromatic rings. The highest BCUT2D eigenvalue weighted by Gasteiger charge is 2.33. The summed E-state index contributed by atoms with van der Waals surface area (Å²) in [6.45, 7) is 3.00. The fourth-order valence-electron chi connectivity index (χ4n) is 3.98. The van der Waals surface area contributed by atoms with Gasteiger partial charge in [0.1, 0.15) is 5.75 Å². The molecule has 1 aliphatic rings. The minimum atomic E-state index is -0.406. The summed E-state index contributed by atoms with van der Waals surface area (Å²) in [4.78, 5) is 27.0. The van der Waals surface area contributed by atoms with Crippen LogP contribution in [0.4, 0.5) is 0 Å². The van der Waals surface area contributed by atoms with Gasteiger partial charge in [0.05, 0.1) is 40.4 Å². The predicted molar refractivity (Wildman–Crippen MR) is 120 cm³/mol. The van der Waals surface area contributed by atoms with Crippen LogP contribution in [0.1, 0.15) is 42.0 Å². The van der Waals surface area contributed by atoms with E-state index in [0.29, 0.717) is 43.9 Å². The van der Waals surface area contributed by atoms with Crippen molar-refractivity contribution in [2.45, 2.75) is 38.6 Å². The first kappa shape index (κ1) is 23.4. The lowest BCUT2D eigenvalue weighted by molar-refractivity contribution is -0.144. The number of hydrogen-bond donors (Lipinski definition) is 0. The Morgan fingerprint density at radius 3 is 2.38 bits per heavy atom. The molecule has 32 heavy (non-hydrogen) atoms. The molecule has 1 heterocycles. The number of hydrogen-bond acceptors (Lipinski definition) is 6. The Labute approximate surface area is 189 Å². The number of methoxy groups -OCH3 is 3. The van der Waals surface area contributed by atoms with Crippen molar-refractivity contribution in [3.8, 4) is 17.2 Å². The molecule has 0 N–H and O–H groups in total. The Bertz CT molecular complexity index is 940. The van der Waals surface area contributed by atoms with Crippen LogP contribution in [0, 0.1) is 6.92 Å². The molecule has 1 unspecified atom stereocenters. The van der Waals surface area contributed by atoms with Crippen LogP contribution in [0.2, 0.25) is 0 Å². The van der Waals surface area contributed by atoms with E-state index in [9.17, 15) is 9.59 Å². The van der Waals surface area contributed by atoms with Crippen LogP contribution in [0.15, 0.2) is 36.4 Å². The molecule has 172 valence electrons. The molecule has 0 bridgehead atoms. The average Bonchev–Trinajstić information content (AvgIpc) is 2.81. The monoisotopic (exact) mass is 441 g/mol. The molecular weight excluding hydrogens is 410 g/mol. The van der Waals surface area contributed by atoms with Gasteiger partial charge in [-0.2, -0.15) is 0 Å². The van der Waals surface area contributed by atoms with Crippen molar-refractivity contribution in [3.05, 3.63) is 53.1 Å². The molecule has 0 aromatic heterocycles. The largest absolute Gasteiger partial charge is 0.494 e. The topological polar surface area (TPSA) is 74.3 Å². The van der Waals surface area contributed by atoms with Gasteiger partial charge in [0, 0.05) is 13.0 Å². The smallest absolute Gasteiger partial charge is 0.307 e. The van der Waals surface area contributed by atoms with E-state index < -0.39 is 6.04 Å². The first-order valence-electron chi connectivity index (χ1n) is 10.8. The first-order valence-corrected chi connectivity index (χ1v) is 10.8. The molecule has 3 rings (SSSR count). The average molecular weight is 442 g/mol. The molecule has 0 aliphatic carbocycles. The molecule has 7 heteroatoms. The van der Waals surface area contributed by atoms with E-state index in [1.54, 1.807) is 19.1 Å². The van der Waals surface area contributed by atoms with Gasteiger partial charge in [0.2, 0.25) is 5.91 Å². The van der Waals surface area contributed by atoms with E-state index in [1.165, 1.54) is 12.7 Å². The number of ether oxygens (including phenoxy) is 4. The molecule has 2 aromatic carbocycles. The molecule has 1 atom stereocenters. The molecular formula is C25H31NO6. The molecule has 0 radical (unpaired) electrons. The maximum absolute atomic E-state index is 13.1. The van der Waals surface area contributed by atoms with Gasteiger partial charge < -0.3 is 23.8 Å². The van der Waals surface area contributed by atoms with Crippen molar-refractivity contribution in [1.29, 1.82) is 0 Å². The second-order valence-electron chi connectivity index (χ2n) is 7.80. The fourth-order valence-corrected chi connectivity index (χ4v) is 3.98. The zero-order valence-corrected chi connectivity index (χ0v) is 19.2. The Balaban J connectivity index is 1.70. The number of nitrogens with zero attached hydrogens (tertiary/aromatic N) is 1. The van der Waals surface area contributed by atoms with Crippen LogP contribution in [0.3, 0.4) is 0 Å². The van der Waals surface area contributed by atoms with Gasteiger partial charge in [0.15, 0.2) is 11.5 Å². The third-order valence-electron chi connectivity index (χ3n) is 5.74. The number of amides is 1. The van der Waals surface area contributed by atoms with Crippen molar-refractivity contribution < 1.29 is 28.5 Å². The van der Waals surface area contributed by atoms with Crippen molar-refractivity contribution in [3.63, 3.8) is 0 Å². The number of fused-ring (bicyclic) bond motifs is 1. The SMILES string of the molecule is COC(=O)CC1c2cc(OC)c(OC)cc2CCN1C(=O)CCCOc1ccc(C)cc1. The van der Waals surface area contributed by atoms with E-state index >= 15 is 0 Å². The number of carbonyl (C=O) groups excluding carboxylic acids is 2. The normalized spacial score (nSPS) is 15.0. The molecule has 0 saturated heterocycles. The summed E-state index contributed by atoms with van der Waals surface area (Å²) < 4.78 is 21.5. The summed E-state index contributed by atoms with van der Waals surface area (Å²) >= 11 is 0. The van der Waals surface area contributed by atoms with Gasteiger partial charge in [-0.25, -0.2) is 0 Å². The van der Waals surface area contributed by atoms with Gasteiger partial charge in [0.25, 0.3) is 0 Å². The number of aryl methyl sites for hydroxylation is 1. The highest BCUT2D eigenvalue weighted by molar-refractivity contribution is 5.79. The second-order valence-corrected chi connectivity index (χ2v) is 7.80. The van der Waals surface area contributed by atoms with Gasteiger partial charge in [-0.3, -0.25) is 9.59 Å². The summed E-state index contributed by atoms with van der Waals surface area (Å²) in [5.74, 6) is 1.63. The van der Waals surface area contributed by atoms with Gasteiger partial charge in [-0.1, -0.05) is 17.7 Å². The van der Waals surface area contributed by atoms with Crippen molar-refractivity contribution >= 4 is 11.9 Å². The lowest BCUT2D eigenvalue weighted by Gasteiger charge is -2.37. The lowest BCUT2D eigenvalue weighted by Crippen LogP contribution is -2.41. The van der Waals surface area contributed by atoms with Gasteiger partial charge in [-0.05, 0) is 55.2 Å². The van der Waals surface area contributed by atoms with Crippen LogP contribution in [-0.4, -0.2) is 51.3 Å². The maximum Gasteiger partial charge on any atom is 0.307 e. The molecule has 0 fully saturated rings. The molecule has 1 amide bonds. The number of benzene rings is 2. The van der Waals surface area contributed by atoms with Crippen molar-refractivity contribution in [1.82, 2.24) is 4.90 Å². The summed E-state index contributed by atoms with van der Waals surface area (Å²) in [5, 5.41) is 0. The van der Waals surface area contributed by atoms with E-state index in [0.717, 1.165) is 16.9 Å². The van der Waals surface area contributed by atoms with Crippen LogP contribution < -0.4 is 14.2 Å². The van der Waals surface area contributed by atoms with E-state index in [1.807, 2.05) is 43.3 Å². The molecule has 0 saturated carbocycles. The Hall–Kier alpha value is -3.22. The zero-order valence-electron chi connectivity index (χ0n) is 19.2. The van der Waals surface area contributed by atoms with Crippen molar-refractivity contribution in [2.75, 3.05) is 34.5 Å². The summed E-state index contributed by atoms with van der Waals surface area (Å²) in [6, 6.07) is 11.2. The standard InChI is InChI=1S/C25H31NO6/c1-17-7-9-19(10-8-17)32-13-5-6-24(27)26-12-11-18-14-22(29-2)23(30-3)15-20(18)21(26)16-25(28)31-4/h7-10,14-15,21H,5-6,11-13,16H2,1-4H3. The van der Waals surface area contributed by atoms with E-state index in [-0.39, 0.29) is 18.3 Å². The Morgan fingerprint density at radius 1 is 1.03 bits per heavy atom. The summed E-state index contributed by atoms with van der Waals surface area (Å²) in [5.41, 5.74) is 3.11. The molecule has 0 spiro atoms. The van der Waals surface area contributed by atoms with Crippen LogP contribution in [0.5, 0.6) is 17.2 Å². The summed E-state index contributed by atoms with van der Waals surface area (Å²) in [7, 11) is 4.52. The summed E-state index contributed by atoms with van der Waals surface area (Å²) in [6.07, 6.45) is 1.70. The molecule has 1 aliphatic heterocycles. The highest BCUT2D eigenvalue weighted by atomic mass is 16.5. The first-order chi connectivity index (χ1) is 15.5. The van der Waals surface area contributed by atoms with Crippen molar-refractivity contribution in [2.24, 2.45) is 0 Å². The Kier molecular flexibility index (Phi) is 7.98. The van der Waals surface area contributed by atoms with E-state index in [4.69, 9.17) is 18.9 Å². The second kappa shape index (κ2) is 10.9. The number of rotatable bonds is 9. The quantitative estimate of drug-likeness (QED) is 0.435. The highest BCUT2D eigenvalue weighted by Crippen LogP contribution is 2.39. The van der Waals surface area contributed by atoms with Crippen LogP contribution in [0.25, 0.3) is 0 Å². The fraction of sp³-hybridized carbons (Fsp3) is 0.440. The predicted octanol–water partition coefficient (Wildman–Crippen LogP) is 3.86.